The molecule has 5 rings (SSSR count). The third kappa shape index (κ3) is 5.38. The first-order valence-corrected chi connectivity index (χ1v) is 14.2. The standard InChI is InChI=1S/C26H34FN3O3S/c27-22-5-7-23(8-6-22)34(31,32)19-21-3-1-20(2-4-21)10-13-29-14-16-30(17-15-29)26-24-11-18-33-25(24)9-12-28-26/h5-9,12,20-21H,1-4,10-11,13-19H2. The van der Waals surface area contributed by atoms with Gasteiger partial charge in [0, 0.05) is 44.4 Å². The predicted molar refractivity (Wildman–Crippen MR) is 131 cm³/mol. The maximum Gasteiger partial charge on any atom is 0.178 e. The molecule has 184 valence electrons. The third-order valence-electron chi connectivity index (χ3n) is 7.72. The molecular formula is C26H34FN3O3S. The zero-order valence-electron chi connectivity index (χ0n) is 19.7. The molecule has 34 heavy (non-hydrogen) atoms. The number of sulfone groups is 1. The van der Waals surface area contributed by atoms with Gasteiger partial charge in [-0.1, -0.05) is 12.8 Å². The smallest absolute Gasteiger partial charge is 0.178 e. The summed E-state index contributed by atoms with van der Waals surface area (Å²) in [6.45, 7) is 5.97. The number of hydrogen-bond acceptors (Lipinski definition) is 6. The lowest BCUT2D eigenvalue weighted by atomic mass is 9.81. The van der Waals surface area contributed by atoms with Crippen LogP contribution in [0, 0.1) is 17.7 Å². The van der Waals surface area contributed by atoms with Crippen LogP contribution in [0.2, 0.25) is 0 Å². The van der Waals surface area contributed by atoms with Crippen molar-refractivity contribution < 1.29 is 17.5 Å². The number of piperazine rings is 1. The van der Waals surface area contributed by atoms with Crippen molar-refractivity contribution in [1.29, 1.82) is 0 Å². The molecule has 8 heteroatoms. The Morgan fingerprint density at radius 3 is 2.41 bits per heavy atom. The highest BCUT2D eigenvalue weighted by atomic mass is 32.2. The van der Waals surface area contributed by atoms with Crippen molar-refractivity contribution in [2.45, 2.75) is 43.4 Å². The molecule has 6 nitrogen and oxygen atoms in total. The van der Waals surface area contributed by atoms with Crippen LogP contribution in [0.1, 0.15) is 37.7 Å². The summed E-state index contributed by atoms with van der Waals surface area (Å²) in [5.41, 5.74) is 1.26. The van der Waals surface area contributed by atoms with Gasteiger partial charge in [-0.15, -0.1) is 0 Å². The molecule has 2 fully saturated rings. The Morgan fingerprint density at radius 1 is 0.971 bits per heavy atom. The highest BCUT2D eigenvalue weighted by molar-refractivity contribution is 7.91. The van der Waals surface area contributed by atoms with Gasteiger partial charge in [-0.05, 0) is 68.0 Å². The van der Waals surface area contributed by atoms with Crippen LogP contribution in [0.4, 0.5) is 10.2 Å². The molecule has 1 saturated carbocycles. The van der Waals surface area contributed by atoms with Gasteiger partial charge < -0.3 is 9.64 Å². The number of anilines is 1. The van der Waals surface area contributed by atoms with E-state index < -0.39 is 15.7 Å². The molecule has 0 amide bonds. The average molecular weight is 488 g/mol. The average Bonchev–Trinajstić information content (AvgIpc) is 3.33. The van der Waals surface area contributed by atoms with Gasteiger partial charge in [0.25, 0.3) is 0 Å². The Morgan fingerprint density at radius 2 is 1.68 bits per heavy atom. The number of ether oxygens (including phenoxy) is 1. The molecular weight excluding hydrogens is 453 g/mol. The summed E-state index contributed by atoms with van der Waals surface area (Å²) >= 11 is 0. The highest BCUT2D eigenvalue weighted by Crippen LogP contribution is 2.34. The minimum atomic E-state index is -3.35. The monoisotopic (exact) mass is 487 g/mol. The van der Waals surface area contributed by atoms with Gasteiger partial charge in [0.1, 0.15) is 17.4 Å². The molecule has 1 aromatic heterocycles. The number of nitrogens with zero attached hydrogens (tertiary/aromatic N) is 3. The molecule has 2 aliphatic heterocycles. The molecule has 0 N–H and O–H groups in total. The third-order valence-corrected chi connectivity index (χ3v) is 9.62. The summed E-state index contributed by atoms with van der Waals surface area (Å²) in [6.07, 6.45) is 8.12. The predicted octanol–water partition coefficient (Wildman–Crippen LogP) is 3.95. The molecule has 2 aromatic rings. The maximum absolute atomic E-state index is 13.1. The lowest BCUT2D eigenvalue weighted by Crippen LogP contribution is -2.47. The van der Waals surface area contributed by atoms with Gasteiger partial charge in [-0.2, -0.15) is 0 Å². The van der Waals surface area contributed by atoms with Gasteiger partial charge in [0.15, 0.2) is 9.84 Å². The largest absolute Gasteiger partial charge is 0.493 e. The first kappa shape index (κ1) is 23.5. The summed E-state index contributed by atoms with van der Waals surface area (Å²) < 4.78 is 44.2. The van der Waals surface area contributed by atoms with E-state index in [2.05, 4.69) is 14.8 Å². The van der Waals surface area contributed by atoms with E-state index in [4.69, 9.17) is 4.74 Å². The summed E-state index contributed by atoms with van der Waals surface area (Å²) in [5.74, 6) is 2.75. The number of benzene rings is 1. The van der Waals surface area contributed by atoms with Crippen molar-refractivity contribution in [2.75, 3.05) is 50.0 Å². The molecule has 0 radical (unpaired) electrons. The van der Waals surface area contributed by atoms with Crippen molar-refractivity contribution in [3.05, 3.63) is 47.9 Å². The van der Waals surface area contributed by atoms with Gasteiger partial charge in [-0.3, -0.25) is 4.90 Å². The zero-order valence-corrected chi connectivity index (χ0v) is 20.5. The molecule has 1 aliphatic carbocycles. The minimum Gasteiger partial charge on any atom is -0.493 e. The normalized spacial score (nSPS) is 23.5. The Kier molecular flexibility index (Phi) is 7.06. The second-order valence-corrected chi connectivity index (χ2v) is 12.0. The molecule has 3 aliphatic rings. The number of hydrogen-bond donors (Lipinski definition) is 0. The van der Waals surface area contributed by atoms with E-state index in [1.54, 1.807) is 0 Å². The second kappa shape index (κ2) is 10.2. The van der Waals surface area contributed by atoms with E-state index >= 15 is 0 Å². The van der Waals surface area contributed by atoms with Crippen molar-refractivity contribution in [1.82, 2.24) is 9.88 Å². The maximum atomic E-state index is 13.1. The minimum absolute atomic E-state index is 0.176. The van der Waals surface area contributed by atoms with Crippen LogP contribution >= 0.6 is 0 Å². The fourth-order valence-electron chi connectivity index (χ4n) is 5.65. The van der Waals surface area contributed by atoms with Crippen LogP contribution < -0.4 is 9.64 Å². The fourth-order valence-corrected chi connectivity index (χ4v) is 7.35. The molecule has 0 spiro atoms. The summed E-state index contributed by atoms with van der Waals surface area (Å²) in [5, 5.41) is 0. The molecule has 1 aromatic carbocycles. The van der Waals surface area contributed by atoms with Crippen LogP contribution in [0.25, 0.3) is 0 Å². The molecule has 0 atom stereocenters. The number of aromatic nitrogens is 1. The van der Waals surface area contributed by atoms with E-state index in [0.717, 1.165) is 83.0 Å². The first-order valence-electron chi connectivity index (χ1n) is 12.5. The summed E-state index contributed by atoms with van der Waals surface area (Å²) in [6, 6.07) is 7.17. The van der Waals surface area contributed by atoms with Gasteiger partial charge in [-0.25, -0.2) is 17.8 Å². The Bertz CT molecular complexity index is 1080. The van der Waals surface area contributed by atoms with Crippen molar-refractivity contribution in [3.63, 3.8) is 0 Å². The number of rotatable bonds is 7. The Labute approximate surface area is 202 Å². The van der Waals surface area contributed by atoms with E-state index in [9.17, 15) is 12.8 Å². The Balaban J connectivity index is 1.04. The van der Waals surface area contributed by atoms with Crippen LogP contribution in [-0.4, -0.2) is 63.4 Å². The van der Waals surface area contributed by atoms with E-state index in [1.807, 2.05) is 12.3 Å². The van der Waals surface area contributed by atoms with Crippen LogP contribution in [0.5, 0.6) is 5.75 Å². The first-order chi connectivity index (χ1) is 16.5. The SMILES string of the molecule is O=S(=O)(CC1CCC(CCN2CCN(c3nccc4c3CCO4)CC2)CC1)c1ccc(F)cc1. The highest BCUT2D eigenvalue weighted by Gasteiger charge is 2.28. The van der Waals surface area contributed by atoms with Crippen LogP contribution in [0.15, 0.2) is 41.4 Å². The number of halogens is 1. The van der Waals surface area contributed by atoms with Crippen molar-refractivity contribution in [3.8, 4) is 5.75 Å². The molecule has 1 saturated heterocycles. The second-order valence-electron chi connectivity index (χ2n) is 9.95. The Hall–Kier alpha value is -2.19. The van der Waals surface area contributed by atoms with E-state index in [1.165, 1.54) is 36.2 Å². The van der Waals surface area contributed by atoms with E-state index in [0.29, 0.717) is 5.92 Å². The lowest BCUT2D eigenvalue weighted by molar-refractivity contribution is 0.208. The quantitative estimate of drug-likeness (QED) is 0.551. The summed E-state index contributed by atoms with van der Waals surface area (Å²) in [7, 11) is -3.35. The topological polar surface area (TPSA) is 62.7 Å². The van der Waals surface area contributed by atoms with Crippen molar-refractivity contribution >= 4 is 15.7 Å². The molecule has 3 heterocycles. The van der Waals surface area contributed by atoms with Crippen molar-refractivity contribution in [2.24, 2.45) is 11.8 Å². The number of fused-ring (bicyclic) bond motifs is 1. The molecule has 0 unspecified atom stereocenters. The summed E-state index contributed by atoms with van der Waals surface area (Å²) in [4.78, 5) is 9.83. The van der Waals surface area contributed by atoms with Crippen LogP contribution in [0.3, 0.4) is 0 Å². The van der Waals surface area contributed by atoms with Gasteiger partial charge in [0.05, 0.1) is 17.3 Å². The van der Waals surface area contributed by atoms with E-state index in [-0.39, 0.29) is 16.6 Å². The zero-order chi connectivity index (χ0) is 23.5. The molecule has 0 bridgehead atoms. The lowest BCUT2D eigenvalue weighted by Gasteiger charge is -2.37. The number of pyridine rings is 1. The van der Waals surface area contributed by atoms with Gasteiger partial charge in [0.2, 0.25) is 0 Å². The fraction of sp³-hybridized carbons (Fsp3) is 0.577. The van der Waals surface area contributed by atoms with Crippen LogP contribution in [-0.2, 0) is 16.3 Å². The van der Waals surface area contributed by atoms with Gasteiger partial charge >= 0.3 is 0 Å².